The Bertz CT molecular complexity index is 464. The molecule has 0 heterocycles. The Kier molecular flexibility index (Phi) is 4.39. The molecule has 0 saturated heterocycles. The van der Waals surface area contributed by atoms with Crippen LogP contribution in [0.25, 0.3) is 0 Å². The topological polar surface area (TPSA) is 46.5 Å². The lowest BCUT2D eigenvalue weighted by atomic mass is 9.97. The molecule has 0 bridgehead atoms. The average Bonchev–Trinajstić information content (AvgIpc) is 2.38. The minimum absolute atomic E-state index is 0.268. The Balaban J connectivity index is 1.98. The smallest absolute Gasteiger partial charge is 0.321 e. The van der Waals surface area contributed by atoms with E-state index in [0.717, 1.165) is 24.8 Å². The van der Waals surface area contributed by atoms with Crippen molar-refractivity contribution in [1.29, 1.82) is 0 Å². The highest BCUT2D eigenvalue weighted by atomic mass is 31.2. The summed E-state index contributed by atoms with van der Waals surface area (Å²) in [5, 5.41) is 0.368. The molecule has 1 aromatic rings. The van der Waals surface area contributed by atoms with Crippen molar-refractivity contribution in [3.8, 4) is 0 Å². The fraction of sp³-hybridized carbons (Fsp3) is 0.429. The number of hydrogen-bond acceptors (Lipinski definition) is 2. The number of aryl methyl sites for hydroxylation is 1. The van der Waals surface area contributed by atoms with Gasteiger partial charge in [0.2, 0.25) is 0 Å². The van der Waals surface area contributed by atoms with Crippen LogP contribution in [0.2, 0.25) is 0 Å². The molecule has 1 aliphatic carbocycles. The second-order valence-corrected chi connectivity index (χ2v) is 6.59. The highest BCUT2D eigenvalue weighted by molar-refractivity contribution is 7.61. The molecular formula is C14H19O3P. The van der Waals surface area contributed by atoms with Gasteiger partial charge in [-0.05, 0) is 38.3 Å². The fourth-order valence-electron chi connectivity index (χ4n) is 2.03. The summed E-state index contributed by atoms with van der Waals surface area (Å²) in [6, 6.07) is 6.96. The number of rotatable bonds is 4. The Morgan fingerprint density at radius 1 is 1.39 bits per heavy atom. The van der Waals surface area contributed by atoms with E-state index in [-0.39, 0.29) is 5.92 Å². The zero-order chi connectivity index (χ0) is 13.0. The van der Waals surface area contributed by atoms with Crippen LogP contribution < -0.4 is 5.30 Å². The first-order valence-electron chi connectivity index (χ1n) is 6.29. The molecule has 2 rings (SSSR count). The van der Waals surface area contributed by atoms with E-state index < -0.39 is 7.60 Å². The van der Waals surface area contributed by atoms with Gasteiger partial charge in [0.15, 0.2) is 0 Å². The fourth-order valence-corrected chi connectivity index (χ4v) is 3.09. The van der Waals surface area contributed by atoms with Crippen molar-refractivity contribution in [3.05, 3.63) is 42.0 Å². The molecule has 1 N–H and O–H groups in total. The summed E-state index contributed by atoms with van der Waals surface area (Å²) in [5.74, 6) is 0.268. The molecule has 18 heavy (non-hydrogen) atoms. The van der Waals surface area contributed by atoms with Gasteiger partial charge in [-0.15, -0.1) is 0 Å². The predicted octanol–water partition coefficient (Wildman–Crippen LogP) is 3.18. The van der Waals surface area contributed by atoms with Crippen LogP contribution in [0.4, 0.5) is 0 Å². The van der Waals surface area contributed by atoms with Gasteiger partial charge in [-0.25, -0.2) is 0 Å². The van der Waals surface area contributed by atoms with E-state index in [1.54, 1.807) is 12.1 Å². The maximum Gasteiger partial charge on any atom is 0.358 e. The van der Waals surface area contributed by atoms with Gasteiger partial charge >= 0.3 is 7.60 Å². The monoisotopic (exact) mass is 266 g/mol. The summed E-state index contributed by atoms with van der Waals surface area (Å²) < 4.78 is 17.3. The van der Waals surface area contributed by atoms with Gasteiger partial charge in [0.05, 0.1) is 11.9 Å². The van der Waals surface area contributed by atoms with Crippen molar-refractivity contribution in [2.45, 2.75) is 26.2 Å². The van der Waals surface area contributed by atoms with E-state index in [1.165, 1.54) is 0 Å². The molecule has 4 heteroatoms. The van der Waals surface area contributed by atoms with E-state index >= 15 is 0 Å². The van der Waals surface area contributed by atoms with Crippen LogP contribution in [-0.2, 0) is 9.09 Å². The molecule has 0 saturated carbocycles. The first-order valence-corrected chi connectivity index (χ1v) is 7.87. The zero-order valence-electron chi connectivity index (χ0n) is 10.6. The lowest BCUT2D eigenvalue weighted by Gasteiger charge is -2.19. The quantitative estimate of drug-likeness (QED) is 0.672. The summed E-state index contributed by atoms with van der Waals surface area (Å²) in [6.45, 7) is 2.26. The summed E-state index contributed by atoms with van der Waals surface area (Å²) in [4.78, 5) is 9.92. The molecule has 0 radical (unpaired) electrons. The summed E-state index contributed by atoms with van der Waals surface area (Å²) in [6.07, 6.45) is 7.46. The number of benzene rings is 1. The van der Waals surface area contributed by atoms with Crippen LogP contribution in [0.15, 0.2) is 36.4 Å². The molecule has 2 atom stereocenters. The van der Waals surface area contributed by atoms with Gasteiger partial charge < -0.3 is 9.42 Å². The Morgan fingerprint density at radius 3 is 2.72 bits per heavy atom. The van der Waals surface area contributed by atoms with E-state index in [4.69, 9.17) is 4.52 Å². The molecule has 1 aliphatic rings. The minimum Gasteiger partial charge on any atom is -0.321 e. The molecule has 0 fully saturated rings. The molecule has 0 amide bonds. The van der Waals surface area contributed by atoms with Crippen LogP contribution in [0.3, 0.4) is 0 Å². The van der Waals surface area contributed by atoms with Gasteiger partial charge in [0, 0.05) is 5.92 Å². The zero-order valence-corrected chi connectivity index (χ0v) is 11.5. The Hall–Kier alpha value is -0.890. The maximum atomic E-state index is 12.1. The first kappa shape index (κ1) is 13.5. The summed E-state index contributed by atoms with van der Waals surface area (Å²) >= 11 is 0. The molecule has 0 spiro atoms. The van der Waals surface area contributed by atoms with Crippen molar-refractivity contribution in [1.82, 2.24) is 0 Å². The molecule has 0 aromatic heterocycles. The normalized spacial score (nSPS) is 22.7. The third-order valence-electron chi connectivity index (χ3n) is 3.18. The van der Waals surface area contributed by atoms with Crippen molar-refractivity contribution >= 4 is 12.9 Å². The lowest BCUT2D eigenvalue weighted by Crippen LogP contribution is -2.13. The molecule has 2 unspecified atom stereocenters. The van der Waals surface area contributed by atoms with Crippen molar-refractivity contribution in [2.24, 2.45) is 5.92 Å². The van der Waals surface area contributed by atoms with Gasteiger partial charge in [0.25, 0.3) is 0 Å². The standard InChI is InChI=1S/C14H19O3P/c1-12-7-9-14(10-8-12)18(15,16)17-11-13-5-3-2-4-6-13/h3,5,7-10,13H,2,4,6,11H2,1H3,(H,15,16). The number of hydrogen-bond donors (Lipinski definition) is 1. The largest absolute Gasteiger partial charge is 0.358 e. The maximum absolute atomic E-state index is 12.1. The molecule has 98 valence electrons. The second kappa shape index (κ2) is 5.83. The van der Waals surface area contributed by atoms with Crippen LogP contribution in [0, 0.1) is 12.8 Å². The van der Waals surface area contributed by atoms with E-state index in [9.17, 15) is 9.46 Å². The van der Waals surface area contributed by atoms with E-state index in [2.05, 4.69) is 12.2 Å². The number of allylic oxidation sites excluding steroid dienone is 1. The van der Waals surface area contributed by atoms with Gasteiger partial charge in [-0.1, -0.05) is 29.8 Å². The minimum atomic E-state index is -3.67. The predicted molar refractivity (Wildman–Crippen MR) is 73.1 cm³/mol. The third-order valence-corrected chi connectivity index (χ3v) is 4.63. The van der Waals surface area contributed by atoms with Gasteiger partial charge in [-0.3, -0.25) is 4.57 Å². The molecule has 0 aliphatic heterocycles. The first-order chi connectivity index (χ1) is 8.58. The average molecular weight is 266 g/mol. The van der Waals surface area contributed by atoms with Crippen LogP contribution >= 0.6 is 7.60 Å². The van der Waals surface area contributed by atoms with Crippen molar-refractivity contribution < 1.29 is 14.0 Å². The lowest BCUT2D eigenvalue weighted by molar-refractivity contribution is 0.232. The van der Waals surface area contributed by atoms with E-state index in [0.29, 0.717) is 11.9 Å². The van der Waals surface area contributed by atoms with Crippen LogP contribution in [0.1, 0.15) is 24.8 Å². The van der Waals surface area contributed by atoms with Crippen molar-refractivity contribution in [3.63, 3.8) is 0 Å². The highest BCUT2D eigenvalue weighted by Gasteiger charge is 2.24. The van der Waals surface area contributed by atoms with E-state index in [1.807, 2.05) is 19.1 Å². The Labute approximate surface area is 108 Å². The highest BCUT2D eigenvalue weighted by Crippen LogP contribution is 2.41. The van der Waals surface area contributed by atoms with Crippen molar-refractivity contribution in [2.75, 3.05) is 6.61 Å². The Morgan fingerprint density at radius 2 is 2.11 bits per heavy atom. The second-order valence-electron chi connectivity index (χ2n) is 4.77. The summed E-state index contributed by atoms with van der Waals surface area (Å²) in [7, 11) is -3.67. The third kappa shape index (κ3) is 3.55. The van der Waals surface area contributed by atoms with Gasteiger partial charge in [0.1, 0.15) is 0 Å². The molecule has 1 aromatic carbocycles. The van der Waals surface area contributed by atoms with Crippen LogP contribution in [0.5, 0.6) is 0 Å². The summed E-state index contributed by atoms with van der Waals surface area (Å²) in [5.41, 5.74) is 1.06. The molecule has 3 nitrogen and oxygen atoms in total. The molecular weight excluding hydrogens is 247 g/mol. The van der Waals surface area contributed by atoms with Gasteiger partial charge in [-0.2, -0.15) is 0 Å². The van der Waals surface area contributed by atoms with Crippen LogP contribution in [-0.4, -0.2) is 11.5 Å². The SMILES string of the molecule is Cc1ccc(P(=O)(O)OCC2C=CCCC2)cc1.